The van der Waals surface area contributed by atoms with Crippen LogP contribution in [0.25, 0.3) is 0 Å². The molecule has 0 saturated heterocycles. The summed E-state index contributed by atoms with van der Waals surface area (Å²) >= 11 is 0. The number of hydrazine groups is 1. The van der Waals surface area contributed by atoms with Crippen molar-refractivity contribution in [3.8, 4) is 0 Å². The highest BCUT2D eigenvalue weighted by molar-refractivity contribution is 6.00. The maximum absolute atomic E-state index is 12.2. The van der Waals surface area contributed by atoms with E-state index in [1.807, 2.05) is 51.0 Å². The summed E-state index contributed by atoms with van der Waals surface area (Å²) in [5.74, 6) is -0.685. The standard InChI is InChI=1S/C18H21N3O2/c1-12-8-9-13(2)16(10-12)18(23)20-19-17(22)14-6-5-7-15(11-14)21(3)4/h5-11H,1-4H3,(H,19,22)(H,20,23). The van der Waals surface area contributed by atoms with Crippen LogP contribution in [0, 0.1) is 13.8 Å². The smallest absolute Gasteiger partial charge is 0.269 e. The Labute approximate surface area is 136 Å². The number of rotatable bonds is 3. The van der Waals surface area contributed by atoms with E-state index in [2.05, 4.69) is 10.9 Å². The number of nitrogens with one attached hydrogen (secondary N) is 2. The van der Waals surface area contributed by atoms with Crippen LogP contribution in [0.5, 0.6) is 0 Å². The molecule has 2 aromatic rings. The van der Waals surface area contributed by atoms with Crippen molar-refractivity contribution < 1.29 is 9.59 Å². The summed E-state index contributed by atoms with van der Waals surface area (Å²) in [5, 5.41) is 0. The van der Waals surface area contributed by atoms with Gasteiger partial charge in [-0.3, -0.25) is 20.4 Å². The van der Waals surface area contributed by atoms with Crippen LogP contribution in [0.3, 0.4) is 0 Å². The Balaban J connectivity index is 2.05. The zero-order chi connectivity index (χ0) is 17.0. The molecular formula is C18H21N3O2. The van der Waals surface area contributed by atoms with Gasteiger partial charge in [-0.1, -0.05) is 23.8 Å². The summed E-state index contributed by atoms with van der Waals surface area (Å²) in [5.41, 5.74) is 8.71. The van der Waals surface area contributed by atoms with Crippen LogP contribution < -0.4 is 15.8 Å². The lowest BCUT2D eigenvalue weighted by Gasteiger charge is -2.14. The van der Waals surface area contributed by atoms with Crippen LogP contribution >= 0.6 is 0 Å². The molecular weight excluding hydrogens is 290 g/mol. The molecule has 0 radical (unpaired) electrons. The van der Waals surface area contributed by atoms with E-state index in [1.54, 1.807) is 24.3 Å². The fourth-order valence-electron chi connectivity index (χ4n) is 2.16. The summed E-state index contributed by atoms with van der Waals surface area (Å²) in [6, 6.07) is 12.8. The molecule has 0 aromatic heterocycles. The molecule has 0 unspecified atom stereocenters. The van der Waals surface area contributed by atoms with Crippen LogP contribution in [0.4, 0.5) is 5.69 Å². The average Bonchev–Trinajstić information content (AvgIpc) is 2.54. The first-order valence-corrected chi connectivity index (χ1v) is 7.34. The molecule has 0 fully saturated rings. The van der Waals surface area contributed by atoms with Gasteiger partial charge in [0.1, 0.15) is 0 Å². The molecule has 2 rings (SSSR count). The molecule has 0 aliphatic carbocycles. The SMILES string of the molecule is Cc1ccc(C)c(C(=O)NNC(=O)c2cccc(N(C)C)c2)c1. The highest BCUT2D eigenvalue weighted by Gasteiger charge is 2.12. The Kier molecular flexibility index (Phi) is 5.01. The molecule has 0 bridgehead atoms. The molecule has 120 valence electrons. The van der Waals surface area contributed by atoms with Crippen LogP contribution in [-0.2, 0) is 0 Å². The number of carbonyl (C=O) groups excluding carboxylic acids is 2. The largest absolute Gasteiger partial charge is 0.378 e. The van der Waals surface area contributed by atoms with Gasteiger partial charge in [0.15, 0.2) is 0 Å². The van der Waals surface area contributed by atoms with Crippen molar-refractivity contribution >= 4 is 17.5 Å². The molecule has 5 heteroatoms. The predicted octanol–water partition coefficient (Wildman–Crippen LogP) is 2.44. The van der Waals surface area contributed by atoms with Gasteiger partial charge < -0.3 is 4.90 Å². The fourth-order valence-corrected chi connectivity index (χ4v) is 2.16. The van der Waals surface area contributed by atoms with Gasteiger partial charge in [-0.25, -0.2) is 0 Å². The lowest BCUT2D eigenvalue weighted by Crippen LogP contribution is -2.41. The molecule has 2 N–H and O–H groups in total. The van der Waals surface area contributed by atoms with Crippen LogP contribution in [0.15, 0.2) is 42.5 Å². The number of benzene rings is 2. The summed E-state index contributed by atoms with van der Waals surface area (Å²) in [6.07, 6.45) is 0. The van der Waals surface area contributed by atoms with E-state index in [4.69, 9.17) is 0 Å². The van der Waals surface area contributed by atoms with Gasteiger partial charge in [-0.2, -0.15) is 0 Å². The number of anilines is 1. The summed E-state index contributed by atoms with van der Waals surface area (Å²) < 4.78 is 0. The third kappa shape index (κ3) is 4.10. The van der Waals surface area contributed by atoms with Gasteiger partial charge in [-0.15, -0.1) is 0 Å². The Bertz CT molecular complexity index is 739. The van der Waals surface area contributed by atoms with Crippen molar-refractivity contribution in [1.82, 2.24) is 10.9 Å². The first-order chi connectivity index (χ1) is 10.9. The average molecular weight is 311 g/mol. The highest BCUT2D eigenvalue weighted by Crippen LogP contribution is 2.13. The third-order valence-corrected chi connectivity index (χ3v) is 3.55. The molecule has 0 aliphatic rings. The molecule has 0 saturated carbocycles. The number of carbonyl (C=O) groups is 2. The van der Waals surface area contributed by atoms with Crippen molar-refractivity contribution in [3.63, 3.8) is 0 Å². The molecule has 0 spiro atoms. The lowest BCUT2D eigenvalue weighted by molar-refractivity contribution is 0.0846. The van der Waals surface area contributed by atoms with Crippen LogP contribution in [0.2, 0.25) is 0 Å². The number of amides is 2. The minimum absolute atomic E-state index is 0.330. The molecule has 0 atom stereocenters. The minimum atomic E-state index is -0.354. The van der Waals surface area contributed by atoms with Crippen molar-refractivity contribution in [1.29, 1.82) is 0 Å². The summed E-state index contributed by atoms with van der Waals surface area (Å²) in [4.78, 5) is 26.3. The summed E-state index contributed by atoms with van der Waals surface area (Å²) in [7, 11) is 3.80. The second kappa shape index (κ2) is 6.96. The normalized spacial score (nSPS) is 10.1. The quantitative estimate of drug-likeness (QED) is 0.856. The van der Waals surface area contributed by atoms with Gasteiger partial charge >= 0.3 is 0 Å². The van der Waals surface area contributed by atoms with Gasteiger partial charge in [-0.05, 0) is 43.7 Å². The molecule has 2 aromatic carbocycles. The Hall–Kier alpha value is -2.82. The van der Waals surface area contributed by atoms with E-state index in [-0.39, 0.29) is 11.8 Å². The maximum Gasteiger partial charge on any atom is 0.269 e. The number of hydrogen-bond donors (Lipinski definition) is 2. The molecule has 2 amide bonds. The second-order valence-electron chi connectivity index (χ2n) is 5.67. The zero-order valence-corrected chi connectivity index (χ0v) is 13.8. The molecule has 0 aliphatic heterocycles. The topological polar surface area (TPSA) is 61.4 Å². The van der Waals surface area contributed by atoms with Crippen molar-refractivity contribution in [2.75, 3.05) is 19.0 Å². The monoisotopic (exact) mass is 311 g/mol. The van der Waals surface area contributed by atoms with Crippen molar-refractivity contribution in [2.24, 2.45) is 0 Å². The minimum Gasteiger partial charge on any atom is -0.378 e. The predicted molar refractivity (Wildman–Crippen MR) is 91.6 cm³/mol. The Morgan fingerprint density at radius 2 is 1.61 bits per heavy atom. The third-order valence-electron chi connectivity index (χ3n) is 3.55. The molecule has 23 heavy (non-hydrogen) atoms. The van der Waals surface area contributed by atoms with E-state index < -0.39 is 0 Å². The fraction of sp³-hybridized carbons (Fsp3) is 0.222. The Morgan fingerprint density at radius 1 is 0.913 bits per heavy atom. The van der Waals surface area contributed by atoms with E-state index in [0.717, 1.165) is 16.8 Å². The van der Waals surface area contributed by atoms with Crippen LogP contribution in [-0.4, -0.2) is 25.9 Å². The molecule has 5 nitrogen and oxygen atoms in total. The lowest BCUT2D eigenvalue weighted by atomic mass is 10.1. The number of hydrogen-bond acceptors (Lipinski definition) is 3. The van der Waals surface area contributed by atoms with Crippen molar-refractivity contribution in [2.45, 2.75) is 13.8 Å². The van der Waals surface area contributed by atoms with E-state index in [9.17, 15) is 9.59 Å². The van der Waals surface area contributed by atoms with E-state index in [0.29, 0.717) is 11.1 Å². The summed E-state index contributed by atoms with van der Waals surface area (Å²) in [6.45, 7) is 3.78. The molecule has 0 heterocycles. The zero-order valence-electron chi connectivity index (χ0n) is 13.8. The number of aryl methyl sites for hydroxylation is 2. The first kappa shape index (κ1) is 16.5. The van der Waals surface area contributed by atoms with Gasteiger partial charge in [0, 0.05) is 30.9 Å². The second-order valence-corrected chi connectivity index (χ2v) is 5.67. The highest BCUT2D eigenvalue weighted by atomic mass is 16.2. The van der Waals surface area contributed by atoms with E-state index >= 15 is 0 Å². The first-order valence-electron chi connectivity index (χ1n) is 7.34. The van der Waals surface area contributed by atoms with Crippen molar-refractivity contribution in [3.05, 3.63) is 64.7 Å². The Morgan fingerprint density at radius 3 is 2.30 bits per heavy atom. The van der Waals surface area contributed by atoms with Gasteiger partial charge in [0.2, 0.25) is 0 Å². The van der Waals surface area contributed by atoms with Gasteiger partial charge in [0.05, 0.1) is 0 Å². The van der Waals surface area contributed by atoms with Crippen LogP contribution in [0.1, 0.15) is 31.8 Å². The maximum atomic E-state index is 12.2. The number of nitrogens with zero attached hydrogens (tertiary/aromatic N) is 1. The van der Waals surface area contributed by atoms with E-state index in [1.165, 1.54) is 0 Å². The van der Waals surface area contributed by atoms with Gasteiger partial charge in [0.25, 0.3) is 11.8 Å².